The summed E-state index contributed by atoms with van der Waals surface area (Å²) in [5, 5.41) is 8.12. The number of nitrogens with zero attached hydrogens (tertiary/aromatic N) is 4. The summed E-state index contributed by atoms with van der Waals surface area (Å²) >= 11 is 0. The molecular weight excluding hydrogens is 290 g/mol. The van der Waals surface area contributed by atoms with Crippen molar-refractivity contribution in [3.63, 3.8) is 0 Å². The fourth-order valence-electron chi connectivity index (χ4n) is 2.07. The molecule has 0 amide bonds. The molecule has 0 spiro atoms. The van der Waals surface area contributed by atoms with Crippen LogP contribution in [0.5, 0.6) is 0 Å². The van der Waals surface area contributed by atoms with Crippen molar-refractivity contribution in [2.24, 2.45) is 10.2 Å². The Morgan fingerprint density at radius 2 is 1.22 bits per heavy atom. The SMILES string of the molecule is Nc1nc(N)c(N=Nc2ccc(-c3ccccc3)cc2)c(N)n1. The van der Waals surface area contributed by atoms with Gasteiger partial charge in [-0.25, -0.2) is 0 Å². The molecule has 6 N–H and O–H groups in total. The van der Waals surface area contributed by atoms with Crippen LogP contribution < -0.4 is 17.2 Å². The molecule has 23 heavy (non-hydrogen) atoms. The normalized spacial score (nSPS) is 11.0. The number of aromatic nitrogens is 2. The lowest BCUT2D eigenvalue weighted by atomic mass is 10.1. The Balaban J connectivity index is 1.84. The molecule has 7 nitrogen and oxygen atoms in total. The lowest BCUT2D eigenvalue weighted by molar-refractivity contribution is 1.15. The van der Waals surface area contributed by atoms with Crippen LogP contribution in [0, 0.1) is 0 Å². The van der Waals surface area contributed by atoms with Gasteiger partial charge in [0.05, 0.1) is 5.69 Å². The van der Waals surface area contributed by atoms with E-state index >= 15 is 0 Å². The third kappa shape index (κ3) is 3.24. The highest BCUT2D eigenvalue weighted by Gasteiger charge is 2.07. The van der Waals surface area contributed by atoms with Crippen molar-refractivity contribution < 1.29 is 0 Å². The molecule has 0 aliphatic rings. The third-order valence-electron chi connectivity index (χ3n) is 3.20. The van der Waals surface area contributed by atoms with E-state index in [9.17, 15) is 0 Å². The summed E-state index contributed by atoms with van der Waals surface area (Å²) in [4.78, 5) is 7.62. The molecular formula is C16H15N7. The number of hydrogen-bond donors (Lipinski definition) is 3. The minimum atomic E-state index is 0.00571. The Hall–Kier alpha value is -3.48. The summed E-state index contributed by atoms with van der Waals surface area (Å²) in [5.74, 6) is 0.200. The predicted molar refractivity (Wildman–Crippen MR) is 91.3 cm³/mol. The van der Waals surface area contributed by atoms with Crippen molar-refractivity contribution in [2.45, 2.75) is 0 Å². The van der Waals surface area contributed by atoms with Gasteiger partial charge >= 0.3 is 0 Å². The standard InChI is InChI=1S/C16H15N7/c17-14-13(15(18)21-16(19)20-14)23-22-12-8-6-11(7-9-12)10-4-2-1-3-5-10/h1-9H,(H6,17,18,19,20,21). The molecule has 0 saturated heterocycles. The van der Waals surface area contributed by atoms with Gasteiger partial charge in [-0.2, -0.15) is 15.1 Å². The summed E-state index contributed by atoms with van der Waals surface area (Å²) in [6.07, 6.45) is 0. The van der Waals surface area contributed by atoms with Crippen molar-refractivity contribution in [3.8, 4) is 11.1 Å². The fraction of sp³-hybridized carbons (Fsp3) is 0. The summed E-state index contributed by atoms with van der Waals surface area (Å²) in [7, 11) is 0. The van der Waals surface area contributed by atoms with Crippen molar-refractivity contribution in [3.05, 3.63) is 54.6 Å². The maximum absolute atomic E-state index is 5.72. The monoisotopic (exact) mass is 305 g/mol. The highest BCUT2D eigenvalue weighted by Crippen LogP contribution is 2.29. The van der Waals surface area contributed by atoms with Gasteiger partial charge in [0.25, 0.3) is 0 Å². The van der Waals surface area contributed by atoms with Gasteiger partial charge in [0.15, 0.2) is 17.3 Å². The Morgan fingerprint density at radius 1 is 0.652 bits per heavy atom. The molecule has 0 atom stereocenters. The van der Waals surface area contributed by atoms with E-state index in [2.05, 4.69) is 20.2 Å². The number of nitrogens with two attached hydrogens (primary N) is 3. The molecule has 0 aliphatic heterocycles. The maximum atomic E-state index is 5.72. The quantitative estimate of drug-likeness (QED) is 0.639. The molecule has 2 aromatic carbocycles. The van der Waals surface area contributed by atoms with Crippen molar-refractivity contribution in [1.82, 2.24) is 9.97 Å². The lowest BCUT2D eigenvalue weighted by Gasteiger charge is -2.03. The summed E-state index contributed by atoms with van der Waals surface area (Å²) in [5.41, 5.74) is 20.0. The Bertz CT molecular complexity index is 819. The highest BCUT2D eigenvalue weighted by molar-refractivity contribution is 5.71. The summed E-state index contributed by atoms with van der Waals surface area (Å²) < 4.78 is 0. The molecule has 0 aliphatic carbocycles. The second-order valence-corrected chi connectivity index (χ2v) is 4.81. The van der Waals surface area contributed by atoms with E-state index in [1.807, 2.05) is 54.6 Å². The molecule has 1 heterocycles. The average Bonchev–Trinajstić information content (AvgIpc) is 2.55. The van der Waals surface area contributed by atoms with Gasteiger partial charge in [0.2, 0.25) is 5.95 Å². The number of benzene rings is 2. The first kappa shape index (κ1) is 14.5. The van der Waals surface area contributed by atoms with Crippen LogP contribution in [0.1, 0.15) is 0 Å². The smallest absolute Gasteiger partial charge is 0.224 e. The van der Waals surface area contributed by atoms with Crippen LogP contribution in [0.3, 0.4) is 0 Å². The number of hydrogen-bond acceptors (Lipinski definition) is 7. The van der Waals surface area contributed by atoms with Crippen LogP contribution in [0.2, 0.25) is 0 Å². The number of rotatable bonds is 3. The summed E-state index contributed by atoms with van der Waals surface area (Å²) in [6, 6.07) is 17.7. The van der Waals surface area contributed by atoms with Crippen molar-refractivity contribution in [1.29, 1.82) is 0 Å². The number of azo groups is 1. The van der Waals surface area contributed by atoms with Crippen LogP contribution in [0.4, 0.5) is 29.0 Å². The molecule has 3 aromatic rings. The van der Waals surface area contributed by atoms with Gasteiger partial charge in [-0.05, 0) is 23.3 Å². The average molecular weight is 305 g/mol. The van der Waals surface area contributed by atoms with E-state index in [4.69, 9.17) is 17.2 Å². The first-order valence-corrected chi connectivity index (χ1v) is 6.89. The van der Waals surface area contributed by atoms with Crippen LogP contribution in [-0.2, 0) is 0 Å². The molecule has 3 rings (SSSR count). The topological polar surface area (TPSA) is 129 Å². The Morgan fingerprint density at radius 3 is 1.83 bits per heavy atom. The second-order valence-electron chi connectivity index (χ2n) is 4.81. The first-order valence-electron chi connectivity index (χ1n) is 6.89. The van der Waals surface area contributed by atoms with Gasteiger partial charge in [-0.1, -0.05) is 42.5 Å². The zero-order valence-electron chi connectivity index (χ0n) is 12.2. The molecule has 0 fully saturated rings. The molecule has 7 heteroatoms. The molecule has 114 valence electrons. The molecule has 0 unspecified atom stereocenters. The summed E-state index contributed by atoms with van der Waals surface area (Å²) in [6.45, 7) is 0. The van der Waals surface area contributed by atoms with Gasteiger partial charge < -0.3 is 17.2 Å². The van der Waals surface area contributed by atoms with E-state index in [1.165, 1.54) is 0 Å². The molecule has 0 bridgehead atoms. The largest absolute Gasteiger partial charge is 0.382 e. The van der Waals surface area contributed by atoms with Crippen LogP contribution in [0.15, 0.2) is 64.8 Å². The van der Waals surface area contributed by atoms with Gasteiger partial charge in [-0.15, -0.1) is 5.11 Å². The fourth-order valence-corrected chi connectivity index (χ4v) is 2.07. The van der Waals surface area contributed by atoms with Gasteiger partial charge in [0, 0.05) is 0 Å². The Labute approximate surface area is 132 Å². The zero-order valence-corrected chi connectivity index (χ0v) is 12.2. The van der Waals surface area contributed by atoms with Crippen LogP contribution >= 0.6 is 0 Å². The van der Waals surface area contributed by atoms with Crippen LogP contribution in [-0.4, -0.2) is 9.97 Å². The van der Waals surface area contributed by atoms with E-state index < -0.39 is 0 Å². The molecule has 0 radical (unpaired) electrons. The van der Waals surface area contributed by atoms with E-state index in [-0.39, 0.29) is 23.3 Å². The van der Waals surface area contributed by atoms with Crippen molar-refractivity contribution in [2.75, 3.05) is 17.2 Å². The minimum Gasteiger partial charge on any atom is -0.382 e. The van der Waals surface area contributed by atoms with Crippen LogP contribution in [0.25, 0.3) is 11.1 Å². The molecule has 0 saturated carbocycles. The third-order valence-corrected chi connectivity index (χ3v) is 3.20. The second kappa shape index (κ2) is 6.10. The first-order chi connectivity index (χ1) is 11.1. The van der Waals surface area contributed by atoms with E-state index in [0.717, 1.165) is 11.1 Å². The molecule has 1 aromatic heterocycles. The maximum Gasteiger partial charge on any atom is 0.224 e. The number of anilines is 3. The lowest BCUT2D eigenvalue weighted by Crippen LogP contribution is -2.03. The van der Waals surface area contributed by atoms with E-state index in [0.29, 0.717) is 5.69 Å². The zero-order chi connectivity index (χ0) is 16.2. The Kier molecular flexibility index (Phi) is 3.84. The minimum absolute atomic E-state index is 0.00571. The highest BCUT2D eigenvalue weighted by atomic mass is 15.2. The van der Waals surface area contributed by atoms with Gasteiger partial charge in [-0.3, -0.25) is 0 Å². The number of nitrogen functional groups attached to an aromatic ring is 3. The van der Waals surface area contributed by atoms with E-state index in [1.54, 1.807) is 0 Å². The van der Waals surface area contributed by atoms with Gasteiger partial charge in [0.1, 0.15) is 0 Å². The van der Waals surface area contributed by atoms with Crippen molar-refractivity contribution >= 4 is 29.0 Å². The predicted octanol–water partition coefficient (Wildman–Crippen LogP) is 3.31.